The summed E-state index contributed by atoms with van der Waals surface area (Å²) in [7, 11) is -0.720. The van der Waals surface area contributed by atoms with Crippen LogP contribution in [0.2, 0.25) is 0 Å². The lowest BCUT2D eigenvalue weighted by Gasteiger charge is -2.27. The Morgan fingerprint density at radius 3 is 2.58 bits per heavy atom. The Bertz CT molecular complexity index is 2100. The van der Waals surface area contributed by atoms with Gasteiger partial charge in [-0.1, -0.05) is 19.9 Å². The Kier molecular flexibility index (Phi) is 9.79. The molecule has 7 rings (SSSR count). The monoisotopic (exact) mass is 767 g/mol. The zero-order valence-electron chi connectivity index (χ0n) is 30.6. The van der Waals surface area contributed by atoms with Crippen LogP contribution in [0, 0.1) is 18.8 Å². The van der Waals surface area contributed by atoms with E-state index in [4.69, 9.17) is 19.4 Å². The Morgan fingerprint density at radius 2 is 1.89 bits per heavy atom. The fourth-order valence-corrected chi connectivity index (χ4v) is 9.88. The van der Waals surface area contributed by atoms with Crippen LogP contribution in [0.1, 0.15) is 82.4 Å². The molecule has 4 aliphatic rings. The first kappa shape index (κ1) is 37.2. The van der Waals surface area contributed by atoms with Crippen LogP contribution in [0.3, 0.4) is 0 Å². The van der Waals surface area contributed by atoms with Crippen LogP contribution < -0.4 is 19.5 Å². The van der Waals surface area contributed by atoms with Gasteiger partial charge in [-0.25, -0.2) is 22.8 Å². The summed E-state index contributed by atoms with van der Waals surface area (Å²) < 4.78 is 56.3. The van der Waals surface area contributed by atoms with Crippen LogP contribution in [0.15, 0.2) is 35.7 Å². The number of rotatable bonds is 8. The molecular formula is C38H46FN5O7S2. The predicted molar refractivity (Wildman–Crippen MR) is 199 cm³/mol. The molecule has 3 aromatic rings. The van der Waals surface area contributed by atoms with Crippen LogP contribution in [-0.4, -0.2) is 84.3 Å². The number of nitrogens with one attached hydrogen (secondary N) is 2. The van der Waals surface area contributed by atoms with E-state index in [1.165, 1.54) is 17.4 Å². The van der Waals surface area contributed by atoms with Crippen LogP contribution >= 0.6 is 11.3 Å². The highest BCUT2D eigenvalue weighted by Crippen LogP contribution is 2.54. The number of halogens is 1. The van der Waals surface area contributed by atoms with Crippen LogP contribution in [0.25, 0.3) is 21.6 Å². The summed E-state index contributed by atoms with van der Waals surface area (Å²) in [6.45, 7) is 6.52. The molecule has 1 aromatic carbocycles. The van der Waals surface area contributed by atoms with Gasteiger partial charge in [-0.3, -0.25) is 19.1 Å². The molecule has 3 aliphatic carbocycles. The second kappa shape index (κ2) is 13.9. The average molecular weight is 768 g/mol. The SMILES string of the molecule is COc1ccc2c(O[C@@H]3C[C@H]4C(=O)N[C@]5(C(=O)NS(=O)(=O)C6CC6)C[C@@]5(F)/C=C\CCCCN(C)C(=O)[C@@H]4C3)cc(-c3nc(C(C)C)cs3)nc2c1C. The molecule has 5 atom stereocenters. The molecule has 0 radical (unpaired) electrons. The van der Waals surface area contributed by atoms with Gasteiger partial charge in [-0.2, -0.15) is 0 Å². The first-order valence-corrected chi connectivity index (χ1v) is 20.7. The minimum Gasteiger partial charge on any atom is -0.496 e. The molecule has 53 heavy (non-hydrogen) atoms. The van der Waals surface area contributed by atoms with Gasteiger partial charge in [-0.15, -0.1) is 11.3 Å². The summed E-state index contributed by atoms with van der Waals surface area (Å²) in [5.41, 5.74) is -1.37. The molecule has 3 saturated carbocycles. The van der Waals surface area contributed by atoms with Crippen molar-refractivity contribution in [3.8, 4) is 22.2 Å². The highest BCUT2D eigenvalue weighted by molar-refractivity contribution is 7.91. The number of thiazole rings is 1. The summed E-state index contributed by atoms with van der Waals surface area (Å²) in [6.07, 6.45) is 4.81. The van der Waals surface area contributed by atoms with Crippen molar-refractivity contribution in [2.75, 3.05) is 20.7 Å². The molecule has 1 aliphatic heterocycles. The number of aromatic nitrogens is 2. The van der Waals surface area contributed by atoms with Gasteiger partial charge in [0.15, 0.2) is 11.2 Å². The maximum Gasteiger partial charge on any atom is 0.263 e. The molecule has 0 spiro atoms. The standard InChI is InChI=1S/C38H46FN5O7S2/c1-21(2)29-19-52-34(41-29)28-18-31(25-12-13-30(50-5)22(3)32(25)40-28)51-23-16-26-27(17-23)35(46)44(4)15-9-7-6-8-14-37(39)20-38(37,42-33(26)45)36(47)43-53(48,49)24-10-11-24/h8,12-14,18-19,21,23-24,26-27H,6-7,9-11,15-17,20H2,1-5H3,(H,42,45)(H,43,47)/b14-8-/t23-,26-,27-,37+,38+/m1/s1. The zero-order valence-corrected chi connectivity index (χ0v) is 32.2. The Labute approximate surface area is 313 Å². The van der Waals surface area contributed by atoms with Gasteiger partial charge in [0, 0.05) is 42.4 Å². The number of alkyl halides is 1. The lowest BCUT2D eigenvalue weighted by Crippen LogP contribution is -2.56. The molecule has 284 valence electrons. The van der Waals surface area contributed by atoms with Crippen molar-refractivity contribution in [1.29, 1.82) is 0 Å². The predicted octanol–water partition coefficient (Wildman–Crippen LogP) is 5.35. The van der Waals surface area contributed by atoms with Gasteiger partial charge in [0.2, 0.25) is 21.8 Å². The number of carbonyl (C=O) groups is 3. The lowest BCUT2D eigenvalue weighted by atomic mass is 9.92. The third-order valence-electron chi connectivity index (χ3n) is 11.1. The number of hydrogen-bond acceptors (Lipinski definition) is 10. The van der Waals surface area contributed by atoms with E-state index in [-0.39, 0.29) is 24.7 Å². The molecule has 3 heterocycles. The normalized spacial score (nSPS) is 28.5. The maximum absolute atomic E-state index is 16.4. The Hall–Kier alpha value is -4.11. The van der Waals surface area contributed by atoms with E-state index < -0.39 is 62.7 Å². The van der Waals surface area contributed by atoms with E-state index in [0.717, 1.165) is 21.7 Å². The number of methoxy groups -OCH3 is 1. The topological polar surface area (TPSA) is 157 Å². The highest BCUT2D eigenvalue weighted by Gasteiger charge is 2.74. The van der Waals surface area contributed by atoms with E-state index in [1.54, 1.807) is 25.1 Å². The van der Waals surface area contributed by atoms with Crippen LogP contribution in [0.5, 0.6) is 11.5 Å². The quantitative estimate of drug-likeness (QED) is 0.289. The maximum atomic E-state index is 16.4. The Morgan fingerprint density at radius 1 is 1.13 bits per heavy atom. The first-order chi connectivity index (χ1) is 25.2. The molecule has 12 nitrogen and oxygen atoms in total. The van der Waals surface area contributed by atoms with Crippen molar-refractivity contribution in [2.45, 2.75) is 101 Å². The number of allylic oxidation sites excluding steroid dienone is 1. The summed E-state index contributed by atoms with van der Waals surface area (Å²) >= 11 is 1.48. The number of carbonyl (C=O) groups excluding carboxylic acids is 3. The summed E-state index contributed by atoms with van der Waals surface area (Å²) in [4.78, 5) is 53.3. The van der Waals surface area contributed by atoms with E-state index >= 15 is 4.39 Å². The largest absolute Gasteiger partial charge is 0.496 e. The minimum atomic E-state index is -4.02. The minimum absolute atomic E-state index is 0.103. The summed E-state index contributed by atoms with van der Waals surface area (Å²) in [6, 6.07) is 5.54. The van der Waals surface area contributed by atoms with E-state index in [1.807, 2.05) is 35.2 Å². The van der Waals surface area contributed by atoms with Gasteiger partial charge in [-0.05, 0) is 76.0 Å². The Balaban J connectivity index is 1.22. The summed E-state index contributed by atoms with van der Waals surface area (Å²) in [5.74, 6) is -2.45. The number of aryl methyl sites for hydroxylation is 1. The van der Waals surface area contributed by atoms with Gasteiger partial charge < -0.3 is 19.7 Å². The number of hydrogen-bond donors (Lipinski definition) is 2. The molecule has 3 amide bonds. The number of amides is 3. The van der Waals surface area contributed by atoms with Crippen molar-refractivity contribution in [3.63, 3.8) is 0 Å². The third-order valence-corrected chi connectivity index (χ3v) is 13.8. The van der Waals surface area contributed by atoms with Gasteiger partial charge in [0.05, 0.1) is 35.4 Å². The average Bonchev–Trinajstić information content (AvgIpc) is 3.94. The van der Waals surface area contributed by atoms with Crippen molar-refractivity contribution >= 4 is 50.0 Å². The number of nitrogens with zero attached hydrogens (tertiary/aromatic N) is 3. The number of benzene rings is 1. The zero-order chi connectivity index (χ0) is 37.9. The molecule has 2 N–H and O–H groups in total. The number of sulfonamides is 1. The number of ether oxygens (including phenoxy) is 2. The van der Waals surface area contributed by atoms with Crippen LogP contribution in [0.4, 0.5) is 4.39 Å². The molecule has 15 heteroatoms. The number of pyridine rings is 1. The lowest BCUT2D eigenvalue weighted by molar-refractivity contribution is -0.141. The second-order valence-corrected chi connectivity index (χ2v) is 18.0. The molecule has 2 aromatic heterocycles. The highest BCUT2D eigenvalue weighted by atomic mass is 32.2. The molecule has 0 unspecified atom stereocenters. The van der Waals surface area contributed by atoms with E-state index in [2.05, 4.69) is 19.2 Å². The second-order valence-electron chi connectivity index (χ2n) is 15.2. The molecule has 0 bridgehead atoms. The van der Waals surface area contributed by atoms with E-state index in [0.29, 0.717) is 61.4 Å². The van der Waals surface area contributed by atoms with Crippen molar-refractivity contribution in [3.05, 3.63) is 47.0 Å². The van der Waals surface area contributed by atoms with Crippen LogP contribution in [-0.2, 0) is 24.4 Å². The van der Waals surface area contributed by atoms with Crippen molar-refractivity contribution < 1.29 is 36.7 Å². The molecule has 3 fully saturated rings. The fraction of sp³-hybridized carbons (Fsp3) is 0.553. The number of fused-ring (bicyclic) bond motifs is 3. The first-order valence-electron chi connectivity index (χ1n) is 18.3. The smallest absolute Gasteiger partial charge is 0.263 e. The summed E-state index contributed by atoms with van der Waals surface area (Å²) in [5, 5.41) is 5.36. The van der Waals surface area contributed by atoms with Crippen molar-refractivity contribution in [2.24, 2.45) is 11.8 Å². The van der Waals surface area contributed by atoms with Crippen molar-refractivity contribution in [1.82, 2.24) is 24.9 Å². The molecular weight excluding hydrogens is 722 g/mol. The van der Waals surface area contributed by atoms with Gasteiger partial charge in [0.1, 0.15) is 28.3 Å². The third kappa shape index (κ3) is 7.02. The fourth-order valence-electron chi connectivity index (χ4n) is 7.58. The van der Waals surface area contributed by atoms with Gasteiger partial charge >= 0.3 is 0 Å². The molecule has 0 saturated heterocycles. The van der Waals surface area contributed by atoms with E-state index in [9.17, 15) is 22.8 Å². The van der Waals surface area contributed by atoms with Gasteiger partial charge in [0.25, 0.3) is 5.91 Å².